The van der Waals surface area contributed by atoms with Gasteiger partial charge in [0.15, 0.2) is 12.6 Å². The molecule has 2 saturated heterocycles. The van der Waals surface area contributed by atoms with Crippen molar-refractivity contribution in [2.45, 2.75) is 104 Å². The van der Waals surface area contributed by atoms with Gasteiger partial charge in [-0.25, -0.2) is 0 Å². The van der Waals surface area contributed by atoms with Crippen LogP contribution in [-0.2, 0) is 33.3 Å². The summed E-state index contributed by atoms with van der Waals surface area (Å²) in [6.07, 6.45) is 2.35. The zero-order chi connectivity index (χ0) is 25.6. The second-order valence-corrected chi connectivity index (χ2v) is 11.3. The minimum Gasteiger partial charge on any atom is -0.465 e. The number of aliphatic hydroxyl groups excluding tert-OH is 1. The van der Waals surface area contributed by atoms with Crippen molar-refractivity contribution in [1.29, 1.82) is 0 Å². The van der Waals surface area contributed by atoms with E-state index in [-0.39, 0.29) is 43.0 Å². The summed E-state index contributed by atoms with van der Waals surface area (Å²) < 4.78 is 29.7. The number of carbonyl (C=O) groups excluding carboxylic acids is 2. The van der Waals surface area contributed by atoms with Gasteiger partial charge in [-0.05, 0) is 44.4 Å². The Labute approximate surface area is 207 Å². The van der Waals surface area contributed by atoms with Crippen molar-refractivity contribution in [3.8, 4) is 0 Å². The highest BCUT2D eigenvalue weighted by atomic mass is 16.8. The van der Waals surface area contributed by atoms with Crippen molar-refractivity contribution in [2.75, 3.05) is 19.8 Å². The lowest BCUT2D eigenvalue weighted by Gasteiger charge is -2.66. The van der Waals surface area contributed by atoms with E-state index in [0.29, 0.717) is 25.9 Å². The number of fused-ring (bicyclic) bond motifs is 2. The molecule has 0 bridgehead atoms. The molecule has 2 aliphatic heterocycles. The fourth-order valence-corrected chi connectivity index (χ4v) is 7.81. The molecular formula is C26H42O9. The molecular weight excluding hydrogens is 456 g/mol. The van der Waals surface area contributed by atoms with Crippen LogP contribution in [0.15, 0.2) is 0 Å². The Morgan fingerprint density at radius 1 is 1.11 bits per heavy atom. The molecule has 0 amide bonds. The third-order valence-electron chi connectivity index (χ3n) is 9.64. The number of rotatable bonds is 7. The van der Waals surface area contributed by atoms with Crippen LogP contribution in [0.4, 0.5) is 0 Å². The first-order valence-corrected chi connectivity index (χ1v) is 13.1. The van der Waals surface area contributed by atoms with Crippen molar-refractivity contribution < 1.29 is 43.5 Å². The molecule has 9 heteroatoms. The molecule has 2 heterocycles. The first-order valence-electron chi connectivity index (χ1n) is 13.1. The number of hydrogen-bond acceptors (Lipinski definition) is 9. The van der Waals surface area contributed by atoms with Crippen LogP contribution in [0.25, 0.3) is 0 Å². The fourth-order valence-electron chi connectivity index (χ4n) is 7.81. The lowest BCUT2D eigenvalue weighted by atomic mass is 9.41. The molecule has 0 radical (unpaired) electrons. The summed E-state index contributed by atoms with van der Waals surface area (Å²) in [6, 6.07) is 0. The van der Waals surface area contributed by atoms with Gasteiger partial charge in [0, 0.05) is 38.2 Å². The maximum atomic E-state index is 12.2. The van der Waals surface area contributed by atoms with E-state index >= 15 is 0 Å². The van der Waals surface area contributed by atoms with Gasteiger partial charge in [0.2, 0.25) is 0 Å². The molecule has 0 aromatic rings. The quantitative estimate of drug-likeness (QED) is 0.510. The number of carbonyl (C=O) groups is 2. The lowest BCUT2D eigenvalue weighted by molar-refractivity contribution is -0.301. The van der Waals surface area contributed by atoms with Gasteiger partial charge in [-0.1, -0.05) is 20.3 Å². The minimum atomic E-state index is -1.57. The van der Waals surface area contributed by atoms with Crippen molar-refractivity contribution in [3.63, 3.8) is 0 Å². The molecule has 4 fully saturated rings. The van der Waals surface area contributed by atoms with Gasteiger partial charge < -0.3 is 33.9 Å². The number of esters is 2. The van der Waals surface area contributed by atoms with Gasteiger partial charge >= 0.3 is 11.9 Å². The highest BCUT2D eigenvalue weighted by molar-refractivity contribution is 5.67. The zero-order valence-corrected chi connectivity index (χ0v) is 21.7. The Hall–Kier alpha value is -1.26. The van der Waals surface area contributed by atoms with Crippen LogP contribution in [0.1, 0.15) is 73.1 Å². The molecule has 0 aromatic carbocycles. The third kappa shape index (κ3) is 4.31. The molecule has 4 rings (SSSR count). The molecule has 4 aliphatic rings. The van der Waals surface area contributed by atoms with E-state index in [1.54, 1.807) is 0 Å². The first kappa shape index (κ1) is 26.8. The monoisotopic (exact) mass is 498 g/mol. The van der Waals surface area contributed by atoms with Crippen LogP contribution in [-0.4, -0.2) is 72.4 Å². The normalized spacial score (nSPS) is 47.1. The number of ether oxygens (including phenoxy) is 5. The average Bonchev–Trinajstić information content (AvgIpc) is 3.35. The predicted octanol–water partition coefficient (Wildman–Crippen LogP) is 2.55. The Morgan fingerprint density at radius 2 is 1.86 bits per heavy atom. The smallest absolute Gasteiger partial charge is 0.302 e. The van der Waals surface area contributed by atoms with E-state index in [0.717, 1.165) is 19.3 Å². The van der Waals surface area contributed by atoms with Crippen LogP contribution >= 0.6 is 0 Å². The minimum absolute atomic E-state index is 0.0786. The largest absolute Gasteiger partial charge is 0.465 e. The van der Waals surface area contributed by atoms with Gasteiger partial charge in [0.25, 0.3) is 0 Å². The Morgan fingerprint density at radius 3 is 2.46 bits per heavy atom. The van der Waals surface area contributed by atoms with Crippen LogP contribution in [0.3, 0.4) is 0 Å². The van der Waals surface area contributed by atoms with Crippen molar-refractivity contribution in [1.82, 2.24) is 0 Å². The van der Waals surface area contributed by atoms with E-state index in [1.165, 1.54) is 13.8 Å². The fraction of sp³-hybridized carbons (Fsp3) is 0.923. The summed E-state index contributed by atoms with van der Waals surface area (Å²) >= 11 is 0. The van der Waals surface area contributed by atoms with Crippen molar-refractivity contribution in [3.05, 3.63) is 0 Å². The third-order valence-corrected chi connectivity index (χ3v) is 9.64. The summed E-state index contributed by atoms with van der Waals surface area (Å²) in [5, 5.41) is 22.4. The number of hydrogen-bond donors (Lipinski definition) is 2. The maximum Gasteiger partial charge on any atom is 0.302 e. The van der Waals surface area contributed by atoms with Gasteiger partial charge in [-0.15, -0.1) is 0 Å². The molecule has 0 aromatic heterocycles. The first-order chi connectivity index (χ1) is 16.5. The molecule has 9 nitrogen and oxygen atoms in total. The maximum absolute atomic E-state index is 12.2. The Kier molecular flexibility index (Phi) is 7.57. The average molecular weight is 499 g/mol. The van der Waals surface area contributed by atoms with Gasteiger partial charge in [-0.3, -0.25) is 9.59 Å². The molecule has 2 aliphatic carbocycles. The Balaban J connectivity index is 1.73. The summed E-state index contributed by atoms with van der Waals surface area (Å²) in [7, 11) is 0. The molecule has 2 saturated carbocycles. The summed E-state index contributed by atoms with van der Waals surface area (Å²) in [6.45, 7) is 8.88. The van der Waals surface area contributed by atoms with E-state index in [9.17, 15) is 19.8 Å². The summed E-state index contributed by atoms with van der Waals surface area (Å²) in [4.78, 5) is 24.1. The second kappa shape index (κ2) is 9.89. The van der Waals surface area contributed by atoms with Crippen LogP contribution in [0.2, 0.25) is 0 Å². The van der Waals surface area contributed by atoms with E-state index in [4.69, 9.17) is 23.7 Å². The molecule has 35 heavy (non-hydrogen) atoms. The van der Waals surface area contributed by atoms with Crippen molar-refractivity contribution >= 4 is 11.9 Å². The van der Waals surface area contributed by atoms with Crippen LogP contribution in [0.5, 0.6) is 0 Å². The van der Waals surface area contributed by atoms with E-state index < -0.39 is 41.1 Å². The van der Waals surface area contributed by atoms with Crippen LogP contribution < -0.4 is 0 Å². The summed E-state index contributed by atoms with van der Waals surface area (Å²) in [5.41, 5.74) is -3.17. The molecule has 10 unspecified atom stereocenters. The van der Waals surface area contributed by atoms with E-state index in [1.807, 2.05) is 6.92 Å². The van der Waals surface area contributed by atoms with Gasteiger partial charge in [0.05, 0.1) is 18.1 Å². The SMILES string of the molecule is CCOC1CC2CC(C3(C)C(C)CC(OC(C)=O)C4(COC(C)=O)C3CCCC4(O)CO)OC2O1. The molecule has 0 spiro atoms. The molecule has 10 atom stereocenters. The topological polar surface area (TPSA) is 121 Å². The highest BCUT2D eigenvalue weighted by Gasteiger charge is 2.72. The molecule has 200 valence electrons. The van der Waals surface area contributed by atoms with Gasteiger partial charge in [-0.2, -0.15) is 0 Å². The molecule has 2 N–H and O–H groups in total. The lowest BCUT2D eigenvalue weighted by Crippen LogP contribution is -2.73. The van der Waals surface area contributed by atoms with Crippen molar-refractivity contribution in [2.24, 2.45) is 28.6 Å². The number of aliphatic hydroxyl groups is 2. The standard InChI is InChI=1S/C26H42O9/c1-6-31-22-12-18-11-20(34-23(18)35-22)24(5)15(2)10-21(33-17(4)29)26(14-32-16(3)28)19(24)8-7-9-25(26,30)13-27/h15,18-23,27,30H,6-14H2,1-5H3. The van der Waals surface area contributed by atoms with E-state index in [2.05, 4.69) is 13.8 Å². The van der Waals surface area contributed by atoms with Crippen LogP contribution in [0, 0.1) is 28.6 Å². The Bertz CT molecular complexity index is 790. The predicted molar refractivity (Wildman–Crippen MR) is 124 cm³/mol. The van der Waals surface area contributed by atoms with Gasteiger partial charge in [0.1, 0.15) is 18.3 Å². The summed E-state index contributed by atoms with van der Waals surface area (Å²) in [5.74, 6) is -0.864. The highest BCUT2D eigenvalue weighted by Crippen LogP contribution is 2.66. The second-order valence-electron chi connectivity index (χ2n) is 11.3. The zero-order valence-electron chi connectivity index (χ0n) is 21.7.